The topological polar surface area (TPSA) is 102 Å². The van der Waals surface area contributed by atoms with Gasteiger partial charge < -0.3 is 10.6 Å². The number of benzene rings is 2. The Hall–Kier alpha value is -4.06. The highest BCUT2D eigenvalue weighted by molar-refractivity contribution is 7.19. The molecule has 41 heavy (non-hydrogen) atoms. The molecule has 0 spiro atoms. The van der Waals surface area contributed by atoms with Crippen LogP contribution in [0.4, 0.5) is 24.0 Å². The number of carbonyl (C=O) groups is 2. The lowest BCUT2D eigenvalue weighted by Gasteiger charge is -2.21. The Kier molecular flexibility index (Phi) is 8.34. The molecule has 0 aliphatic carbocycles. The molecule has 12 heteroatoms. The van der Waals surface area contributed by atoms with Crippen LogP contribution in [0.15, 0.2) is 42.7 Å². The lowest BCUT2D eigenvalue weighted by molar-refractivity contribution is -0.138. The van der Waals surface area contributed by atoms with Crippen molar-refractivity contribution in [2.45, 2.75) is 60.6 Å². The van der Waals surface area contributed by atoms with Gasteiger partial charge in [-0.05, 0) is 73.1 Å². The van der Waals surface area contributed by atoms with Crippen LogP contribution in [0.25, 0.3) is 16.3 Å². The number of rotatable bonds is 7. The van der Waals surface area contributed by atoms with Gasteiger partial charge in [-0.15, -0.1) is 5.10 Å². The highest BCUT2D eigenvalue weighted by Crippen LogP contribution is 2.37. The molecule has 0 bridgehead atoms. The number of carbonyl (C=O) groups excluding carboxylic acids is 2. The molecule has 0 saturated carbocycles. The van der Waals surface area contributed by atoms with Crippen molar-refractivity contribution in [2.75, 3.05) is 10.6 Å². The SMILES string of the molecule is CC(=O)Nc1ncc(-c2cn(-c3cc(C(=O)Nc4cc(CCC(C)(C)C)c(C)c(C(F)(F)F)c4)ccc3C)nn2)s1. The highest BCUT2D eigenvalue weighted by Gasteiger charge is 2.34. The van der Waals surface area contributed by atoms with Gasteiger partial charge >= 0.3 is 6.18 Å². The van der Waals surface area contributed by atoms with Gasteiger partial charge in [-0.2, -0.15) is 13.2 Å². The predicted molar refractivity (Wildman–Crippen MR) is 153 cm³/mol. The summed E-state index contributed by atoms with van der Waals surface area (Å²) in [4.78, 5) is 29.3. The van der Waals surface area contributed by atoms with Crippen LogP contribution in [-0.4, -0.2) is 31.8 Å². The number of anilines is 2. The molecule has 0 atom stereocenters. The monoisotopic (exact) mass is 584 g/mol. The Morgan fingerprint density at radius 1 is 1.05 bits per heavy atom. The number of nitrogens with one attached hydrogen (secondary N) is 2. The van der Waals surface area contributed by atoms with Gasteiger partial charge in [0, 0.05) is 24.4 Å². The zero-order valence-corrected chi connectivity index (χ0v) is 24.4. The van der Waals surface area contributed by atoms with Crippen molar-refractivity contribution in [3.63, 3.8) is 0 Å². The maximum absolute atomic E-state index is 13.9. The van der Waals surface area contributed by atoms with Gasteiger partial charge in [-0.3, -0.25) is 9.59 Å². The van der Waals surface area contributed by atoms with Crippen LogP contribution < -0.4 is 10.6 Å². The predicted octanol–water partition coefficient (Wildman–Crippen LogP) is 7.22. The summed E-state index contributed by atoms with van der Waals surface area (Å²) in [6.45, 7) is 10.8. The second-order valence-corrected chi connectivity index (χ2v) is 12.1. The highest BCUT2D eigenvalue weighted by atomic mass is 32.1. The van der Waals surface area contributed by atoms with Crippen LogP contribution in [0.3, 0.4) is 0 Å². The van der Waals surface area contributed by atoms with E-state index >= 15 is 0 Å². The Morgan fingerprint density at radius 3 is 2.44 bits per heavy atom. The molecule has 0 radical (unpaired) electrons. The van der Waals surface area contributed by atoms with E-state index in [1.165, 1.54) is 29.9 Å². The average Bonchev–Trinajstić information content (AvgIpc) is 3.52. The number of amides is 2. The summed E-state index contributed by atoms with van der Waals surface area (Å²) in [6, 6.07) is 7.55. The molecule has 0 fully saturated rings. The molecule has 2 N–H and O–H groups in total. The average molecular weight is 585 g/mol. The van der Waals surface area contributed by atoms with Crippen LogP contribution >= 0.6 is 11.3 Å². The molecular weight excluding hydrogens is 553 g/mol. The summed E-state index contributed by atoms with van der Waals surface area (Å²) in [5.41, 5.74) is 2.14. The fraction of sp³-hybridized carbons (Fsp3) is 0.345. The van der Waals surface area contributed by atoms with Gasteiger partial charge in [-0.25, -0.2) is 9.67 Å². The lowest BCUT2D eigenvalue weighted by Crippen LogP contribution is -2.16. The number of hydrogen-bond acceptors (Lipinski definition) is 6. The van der Waals surface area contributed by atoms with E-state index < -0.39 is 17.6 Å². The third-order valence-corrected chi connectivity index (χ3v) is 7.41. The second kappa shape index (κ2) is 11.4. The summed E-state index contributed by atoms with van der Waals surface area (Å²) in [5, 5.41) is 14.1. The van der Waals surface area contributed by atoms with Gasteiger partial charge in [0.05, 0.1) is 22.3 Å². The van der Waals surface area contributed by atoms with E-state index in [1.807, 2.05) is 27.7 Å². The zero-order chi connectivity index (χ0) is 30.1. The molecule has 0 saturated heterocycles. The van der Waals surface area contributed by atoms with Crippen molar-refractivity contribution in [2.24, 2.45) is 5.41 Å². The summed E-state index contributed by atoms with van der Waals surface area (Å²) < 4.78 is 43.1. The number of alkyl halides is 3. The summed E-state index contributed by atoms with van der Waals surface area (Å²) in [5.74, 6) is -0.783. The Bertz CT molecular complexity index is 1600. The molecule has 0 aliphatic heterocycles. The fourth-order valence-electron chi connectivity index (χ4n) is 4.21. The second-order valence-electron chi connectivity index (χ2n) is 11.1. The van der Waals surface area contributed by atoms with Crippen LogP contribution in [-0.2, 0) is 17.4 Å². The molecule has 0 unspecified atom stereocenters. The minimum atomic E-state index is -4.55. The lowest BCUT2D eigenvalue weighted by atomic mass is 9.86. The van der Waals surface area contributed by atoms with Gasteiger partial charge in [0.15, 0.2) is 5.13 Å². The first kappa shape index (κ1) is 29.9. The van der Waals surface area contributed by atoms with Crippen LogP contribution in [0.5, 0.6) is 0 Å². The van der Waals surface area contributed by atoms with Gasteiger partial charge in [0.1, 0.15) is 5.69 Å². The third kappa shape index (κ3) is 7.37. The molecule has 2 amide bonds. The van der Waals surface area contributed by atoms with Crippen molar-refractivity contribution >= 4 is 34.0 Å². The van der Waals surface area contributed by atoms with Crippen LogP contribution in [0.2, 0.25) is 0 Å². The van der Waals surface area contributed by atoms with E-state index in [4.69, 9.17) is 0 Å². The van der Waals surface area contributed by atoms with E-state index in [-0.39, 0.29) is 28.1 Å². The number of hydrogen-bond donors (Lipinski definition) is 2. The van der Waals surface area contributed by atoms with Crippen molar-refractivity contribution in [1.82, 2.24) is 20.0 Å². The van der Waals surface area contributed by atoms with Gasteiger partial charge in [-0.1, -0.05) is 43.4 Å². The largest absolute Gasteiger partial charge is 0.416 e. The first-order chi connectivity index (χ1) is 19.1. The zero-order valence-electron chi connectivity index (χ0n) is 23.6. The Balaban J connectivity index is 1.60. The first-order valence-corrected chi connectivity index (χ1v) is 13.7. The molecule has 4 aromatic rings. The number of halogens is 3. The van der Waals surface area contributed by atoms with Crippen LogP contribution in [0.1, 0.15) is 66.7 Å². The molecule has 4 rings (SSSR count). The molecule has 216 valence electrons. The molecular formula is C29H31F3N6O2S. The van der Waals surface area contributed by atoms with Gasteiger partial charge in [0.2, 0.25) is 5.91 Å². The molecule has 8 nitrogen and oxygen atoms in total. The molecule has 2 aromatic carbocycles. The van der Waals surface area contributed by atoms with Crippen LogP contribution in [0, 0.1) is 19.3 Å². The minimum Gasteiger partial charge on any atom is -0.322 e. The van der Waals surface area contributed by atoms with Crippen molar-refractivity contribution < 1.29 is 22.8 Å². The van der Waals surface area contributed by atoms with Crippen molar-refractivity contribution in [1.29, 1.82) is 0 Å². The third-order valence-electron chi connectivity index (χ3n) is 6.48. The van der Waals surface area contributed by atoms with E-state index in [0.717, 1.165) is 11.6 Å². The first-order valence-electron chi connectivity index (χ1n) is 12.9. The molecule has 0 aliphatic rings. The summed E-state index contributed by atoms with van der Waals surface area (Å²) in [6.07, 6.45) is -0.152. The van der Waals surface area contributed by atoms with E-state index in [2.05, 4.69) is 25.9 Å². The normalized spacial score (nSPS) is 11.9. The maximum atomic E-state index is 13.9. The van der Waals surface area contributed by atoms with Crippen molar-refractivity contribution in [3.8, 4) is 16.3 Å². The fourth-order valence-corrected chi connectivity index (χ4v) is 5.02. The summed E-state index contributed by atoms with van der Waals surface area (Å²) in [7, 11) is 0. The number of aryl methyl sites for hydroxylation is 2. The van der Waals surface area contributed by atoms with E-state index in [1.54, 1.807) is 36.7 Å². The number of thiazole rings is 1. The number of aromatic nitrogens is 4. The molecule has 2 aromatic heterocycles. The number of nitrogens with zero attached hydrogens (tertiary/aromatic N) is 4. The standard InChI is InChI=1S/C29H31F3N6O2S/c1-16-7-8-20(12-24(16)38-15-23(36-37-38)25-14-33-27(41-25)34-18(3)39)26(40)35-21-11-19(9-10-28(4,5)6)17(2)22(13-21)29(30,31)32/h7-8,11-15H,9-10H2,1-6H3,(H,35,40)(H,33,34,39). The van der Waals surface area contributed by atoms with E-state index in [0.29, 0.717) is 39.8 Å². The minimum absolute atomic E-state index is 0.0582. The summed E-state index contributed by atoms with van der Waals surface area (Å²) >= 11 is 1.24. The molecule has 2 heterocycles. The maximum Gasteiger partial charge on any atom is 0.416 e. The quantitative estimate of drug-likeness (QED) is 0.239. The Morgan fingerprint density at radius 2 is 1.78 bits per heavy atom. The smallest absolute Gasteiger partial charge is 0.322 e. The van der Waals surface area contributed by atoms with Gasteiger partial charge in [0.25, 0.3) is 5.91 Å². The Labute approximate surface area is 240 Å². The van der Waals surface area contributed by atoms with E-state index in [9.17, 15) is 22.8 Å². The van der Waals surface area contributed by atoms with Crippen molar-refractivity contribution in [3.05, 3.63) is 70.5 Å².